The Balaban J connectivity index is 2.79. The third-order valence-electron chi connectivity index (χ3n) is 3.08. The van der Waals surface area contributed by atoms with E-state index < -0.39 is 0 Å². The minimum absolute atomic E-state index is 0.505. The molecule has 0 aromatic carbocycles. The summed E-state index contributed by atoms with van der Waals surface area (Å²) in [7, 11) is 3.36. The van der Waals surface area contributed by atoms with Crippen LogP contribution < -0.4 is 15.4 Å². The minimum atomic E-state index is 0.505. The molecule has 0 aliphatic carbocycles. The fourth-order valence-corrected chi connectivity index (χ4v) is 2.00. The number of methoxy groups -OCH3 is 2. The standard InChI is InChI=1S/C15H26N4O2/c1-6-16-15(17-7-8-20-4)19-10-13-12(3)14(21-5)11(2)9-18-13/h9H,6-8,10H2,1-5H3,(H2,16,17,19). The average molecular weight is 294 g/mol. The second-order valence-corrected chi connectivity index (χ2v) is 4.66. The van der Waals surface area contributed by atoms with Crippen molar-refractivity contribution < 1.29 is 9.47 Å². The molecule has 6 nitrogen and oxygen atoms in total. The number of aryl methyl sites for hydroxylation is 1. The highest BCUT2D eigenvalue weighted by Gasteiger charge is 2.09. The van der Waals surface area contributed by atoms with Crippen LogP contribution in [0.4, 0.5) is 0 Å². The Labute approximate surface area is 127 Å². The molecule has 0 amide bonds. The van der Waals surface area contributed by atoms with Crippen LogP contribution in [0, 0.1) is 13.8 Å². The number of hydrogen-bond donors (Lipinski definition) is 2. The summed E-state index contributed by atoms with van der Waals surface area (Å²) < 4.78 is 10.4. The molecule has 1 aromatic heterocycles. The first-order valence-corrected chi connectivity index (χ1v) is 7.14. The van der Waals surface area contributed by atoms with E-state index in [1.54, 1.807) is 14.2 Å². The number of nitrogens with one attached hydrogen (secondary N) is 2. The van der Waals surface area contributed by atoms with Gasteiger partial charge in [0.2, 0.25) is 0 Å². The lowest BCUT2D eigenvalue weighted by Crippen LogP contribution is -2.38. The monoisotopic (exact) mass is 294 g/mol. The van der Waals surface area contributed by atoms with Crippen LogP contribution in [0.1, 0.15) is 23.7 Å². The van der Waals surface area contributed by atoms with E-state index in [2.05, 4.69) is 20.6 Å². The highest BCUT2D eigenvalue weighted by Crippen LogP contribution is 2.24. The molecule has 0 spiro atoms. The van der Waals surface area contributed by atoms with E-state index in [1.165, 1.54) is 0 Å². The largest absolute Gasteiger partial charge is 0.496 e. The molecule has 1 aromatic rings. The van der Waals surface area contributed by atoms with Crippen molar-refractivity contribution in [2.75, 3.05) is 33.9 Å². The zero-order valence-electron chi connectivity index (χ0n) is 13.6. The molecule has 0 saturated heterocycles. The fraction of sp³-hybridized carbons (Fsp3) is 0.600. The van der Waals surface area contributed by atoms with E-state index in [4.69, 9.17) is 9.47 Å². The van der Waals surface area contributed by atoms with Gasteiger partial charge in [-0.1, -0.05) is 0 Å². The zero-order valence-corrected chi connectivity index (χ0v) is 13.6. The van der Waals surface area contributed by atoms with E-state index in [1.807, 2.05) is 27.0 Å². The maximum Gasteiger partial charge on any atom is 0.191 e. The van der Waals surface area contributed by atoms with Crippen LogP contribution >= 0.6 is 0 Å². The lowest BCUT2D eigenvalue weighted by atomic mass is 10.1. The molecule has 21 heavy (non-hydrogen) atoms. The molecule has 2 N–H and O–H groups in total. The second kappa shape index (κ2) is 9.18. The number of nitrogens with zero attached hydrogens (tertiary/aromatic N) is 2. The van der Waals surface area contributed by atoms with Gasteiger partial charge in [0.05, 0.1) is 26.0 Å². The number of pyridine rings is 1. The van der Waals surface area contributed by atoms with Crippen molar-refractivity contribution in [3.05, 3.63) is 23.0 Å². The van der Waals surface area contributed by atoms with Crippen molar-refractivity contribution in [2.24, 2.45) is 4.99 Å². The molecule has 118 valence electrons. The Bertz CT molecular complexity index is 475. The molecule has 0 bridgehead atoms. The van der Waals surface area contributed by atoms with Crippen molar-refractivity contribution >= 4 is 5.96 Å². The number of aliphatic imine (C=N–C) groups is 1. The molecule has 6 heteroatoms. The van der Waals surface area contributed by atoms with Gasteiger partial charge in [0, 0.05) is 37.5 Å². The zero-order chi connectivity index (χ0) is 15.7. The first kappa shape index (κ1) is 17.2. The van der Waals surface area contributed by atoms with Gasteiger partial charge >= 0.3 is 0 Å². The minimum Gasteiger partial charge on any atom is -0.496 e. The molecule has 0 radical (unpaired) electrons. The van der Waals surface area contributed by atoms with Crippen LogP contribution in [-0.2, 0) is 11.3 Å². The summed E-state index contributed by atoms with van der Waals surface area (Å²) in [5.41, 5.74) is 2.99. The Hall–Kier alpha value is -1.82. The molecule has 1 heterocycles. The van der Waals surface area contributed by atoms with Gasteiger partial charge < -0.3 is 20.1 Å². The summed E-state index contributed by atoms with van der Waals surface area (Å²) in [5.74, 6) is 1.64. The molecule has 0 fully saturated rings. The summed E-state index contributed by atoms with van der Waals surface area (Å²) in [4.78, 5) is 8.99. The lowest BCUT2D eigenvalue weighted by molar-refractivity contribution is 0.203. The molecule has 1 rings (SSSR count). The van der Waals surface area contributed by atoms with Gasteiger partial charge in [-0.15, -0.1) is 0 Å². The van der Waals surface area contributed by atoms with Crippen LogP contribution in [0.15, 0.2) is 11.2 Å². The maximum atomic E-state index is 5.41. The Kier molecular flexibility index (Phi) is 7.53. The van der Waals surface area contributed by atoms with Crippen molar-refractivity contribution in [3.63, 3.8) is 0 Å². The molecular weight excluding hydrogens is 268 g/mol. The normalized spacial score (nSPS) is 11.4. The quantitative estimate of drug-likeness (QED) is 0.452. The molecule has 0 aliphatic rings. The van der Waals surface area contributed by atoms with E-state index in [9.17, 15) is 0 Å². The Morgan fingerprint density at radius 1 is 1.29 bits per heavy atom. The average Bonchev–Trinajstić information content (AvgIpc) is 2.47. The Morgan fingerprint density at radius 2 is 2.05 bits per heavy atom. The van der Waals surface area contributed by atoms with Crippen molar-refractivity contribution in [1.29, 1.82) is 0 Å². The van der Waals surface area contributed by atoms with Gasteiger partial charge in [-0.2, -0.15) is 0 Å². The summed E-state index contributed by atoms with van der Waals surface area (Å²) in [6, 6.07) is 0. The maximum absolute atomic E-state index is 5.41. The number of hydrogen-bond acceptors (Lipinski definition) is 4. The van der Waals surface area contributed by atoms with Crippen LogP contribution in [0.2, 0.25) is 0 Å². The molecular formula is C15H26N4O2. The summed E-state index contributed by atoms with van der Waals surface area (Å²) in [6.45, 7) is 8.70. The highest BCUT2D eigenvalue weighted by molar-refractivity contribution is 5.79. The Morgan fingerprint density at radius 3 is 2.67 bits per heavy atom. The molecule has 0 saturated carbocycles. The molecule has 0 unspecified atom stereocenters. The van der Waals surface area contributed by atoms with Gasteiger partial charge in [0.1, 0.15) is 5.75 Å². The van der Waals surface area contributed by atoms with E-state index >= 15 is 0 Å². The third kappa shape index (κ3) is 5.23. The van der Waals surface area contributed by atoms with Crippen molar-refractivity contribution in [1.82, 2.24) is 15.6 Å². The number of ether oxygens (including phenoxy) is 2. The van der Waals surface area contributed by atoms with Crippen molar-refractivity contribution in [3.8, 4) is 5.75 Å². The first-order valence-electron chi connectivity index (χ1n) is 7.14. The van der Waals surface area contributed by atoms with E-state index in [-0.39, 0.29) is 0 Å². The predicted molar refractivity (Wildman–Crippen MR) is 85.0 cm³/mol. The topological polar surface area (TPSA) is 67.8 Å². The van der Waals surface area contributed by atoms with Gasteiger partial charge in [0.25, 0.3) is 0 Å². The molecule has 0 atom stereocenters. The SMILES string of the molecule is CCNC(=NCc1ncc(C)c(OC)c1C)NCCOC. The first-order chi connectivity index (χ1) is 10.1. The number of rotatable bonds is 7. The third-order valence-corrected chi connectivity index (χ3v) is 3.08. The predicted octanol–water partition coefficient (Wildman–Crippen LogP) is 1.41. The lowest BCUT2D eigenvalue weighted by Gasteiger charge is -2.13. The van der Waals surface area contributed by atoms with Crippen LogP contribution in [0.5, 0.6) is 5.75 Å². The fourth-order valence-electron chi connectivity index (χ4n) is 2.00. The van der Waals surface area contributed by atoms with Gasteiger partial charge in [0.15, 0.2) is 5.96 Å². The smallest absolute Gasteiger partial charge is 0.191 e. The second-order valence-electron chi connectivity index (χ2n) is 4.66. The van der Waals surface area contributed by atoms with Crippen molar-refractivity contribution in [2.45, 2.75) is 27.3 Å². The van der Waals surface area contributed by atoms with Crippen LogP contribution in [0.3, 0.4) is 0 Å². The summed E-state index contributed by atoms with van der Waals surface area (Å²) in [6.07, 6.45) is 1.82. The van der Waals surface area contributed by atoms with Crippen LogP contribution in [0.25, 0.3) is 0 Å². The van der Waals surface area contributed by atoms with Gasteiger partial charge in [-0.3, -0.25) is 4.98 Å². The van der Waals surface area contributed by atoms with Gasteiger partial charge in [-0.25, -0.2) is 4.99 Å². The van der Waals surface area contributed by atoms with Crippen LogP contribution in [-0.4, -0.2) is 44.9 Å². The van der Waals surface area contributed by atoms with Gasteiger partial charge in [-0.05, 0) is 20.8 Å². The highest BCUT2D eigenvalue weighted by atomic mass is 16.5. The summed E-state index contributed by atoms with van der Waals surface area (Å²) >= 11 is 0. The van der Waals surface area contributed by atoms with E-state index in [0.29, 0.717) is 19.7 Å². The number of aromatic nitrogens is 1. The van der Waals surface area contributed by atoms with E-state index in [0.717, 1.165) is 35.1 Å². The molecule has 0 aliphatic heterocycles. The summed E-state index contributed by atoms with van der Waals surface area (Å²) in [5, 5.41) is 6.40. The number of guanidine groups is 1.